The Morgan fingerprint density at radius 2 is 2.05 bits per heavy atom. The summed E-state index contributed by atoms with van der Waals surface area (Å²) in [7, 11) is 0. The largest absolute Gasteiger partial charge is 0.342 e. The molecule has 112 valence electrons. The normalized spacial score (nSPS) is 22.5. The van der Waals surface area contributed by atoms with Gasteiger partial charge in [0.1, 0.15) is 5.54 Å². The van der Waals surface area contributed by atoms with E-state index in [1.165, 1.54) is 6.42 Å². The molecule has 0 atom stereocenters. The fourth-order valence-corrected chi connectivity index (χ4v) is 3.76. The average molecular weight is 296 g/mol. The lowest BCUT2D eigenvalue weighted by Crippen LogP contribution is -2.58. The van der Waals surface area contributed by atoms with Gasteiger partial charge in [-0.05, 0) is 12.8 Å². The second kappa shape index (κ2) is 7.16. The standard InChI is InChI=1S/C15H24N2O2S/c1-2-11-20-12-10-17-9-6-13(18)16-15(14(17)19)7-4-3-5-8-15/h2H,1,3-12H2,(H,16,18). The third kappa shape index (κ3) is 3.57. The molecule has 1 saturated heterocycles. The first kappa shape index (κ1) is 15.4. The highest BCUT2D eigenvalue weighted by Gasteiger charge is 2.44. The van der Waals surface area contributed by atoms with Gasteiger partial charge >= 0.3 is 0 Å². The molecule has 1 spiro atoms. The summed E-state index contributed by atoms with van der Waals surface area (Å²) in [4.78, 5) is 26.6. The van der Waals surface area contributed by atoms with Crippen LogP contribution in [0.3, 0.4) is 0 Å². The quantitative estimate of drug-likeness (QED) is 0.623. The predicted octanol–water partition coefficient (Wildman–Crippen LogP) is 1.96. The smallest absolute Gasteiger partial charge is 0.248 e. The van der Waals surface area contributed by atoms with E-state index in [2.05, 4.69) is 11.9 Å². The van der Waals surface area contributed by atoms with Crippen LogP contribution in [0.5, 0.6) is 0 Å². The zero-order chi connectivity index (χ0) is 14.4. The van der Waals surface area contributed by atoms with Gasteiger partial charge in [0, 0.05) is 31.0 Å². The molecule has 0 aromatic heterocycles. The number of carbonyl (C=O) groups is 2. The van der Waals surface area contributed by atoms with E-state index in [1.54, 1.807) is 11.8 Å². The van der Waals surface area contributed by atoms with Gasteiger partial charge in [-0.2, -0.15) is 11.8 Å². The zero-order valence-electron chi connectivity index (χ0n) is 12.0. The maximum Gasteiger partial charge on any atom is 0.248 e. The number of hydrogen-bond acceptors (Lipinski definition) is 3. The van der Waals surface area contributed by atoms with E-state index >= 15 is 0 Å². The molecule has 0 radical (unpaired) electrons. The van der Waals surface area contributed by atoms with Crippen molar-refractivity contribution in [1.82, 2.24) is 10.2 Å². The van der Waals surface area contributed by atoms with Crippen molar-refractivity contribution in [2.24, 2.45) is 0 Å². The highest BCUT2D eigenvalue weighted by atomic mass is 32.2. The number of hydrogen-bond donors (Lipinski definition) is 1. The molecule has 2 fully saturated rings. The summed E-state index contributed by atoms with van der Waals surface area (Å²) in [5, 5.41) is 3.02. The molecule has 1 N–H and O–H groups in total. The molecule has 2 amide bonds. The molecule has 1 aliphatic carbocycles. The van der Waals surface area contributed by atoms with Crippen molar-refractivity contribution >= 4 is 23.6 Å². The van der Waals surface area contributed by atoms with Crippen LogP contribution in [-0.4, -0.2) is 46.8 Å². The Kier molecular flexibility index (Phi) is 5.52. The van der Waals surface area contributed by atoms with Crippen LogP contribution in [0.15, 0.2) is 12.7 Å². The molecule has 1 saturated carbocycles. The van der Waals surface area contributed by atoms with Crippen LogP contribution in [-0.2, 0) is 9.59 Å². The summed E-state index contributed by atoms with van der Waals surface area (Å²) in [5.74, 6) is 1.98. The van der Waals surface area contributed by atoms with Gasteiger partial charge in [-0.15, -0.1) is 6.58 Å². The Hall–Kier alpha value is -0.970. The molecule has 0 aromatic carbocycles. The van der Waals surface area contributed by atoms with E-state index in [1.807, 2.05) is 11.0 Å². The van der Waals surface area contributed by atoms with Gasteiger partial charge in [0.25, 0.3) is 0 Å². The van der Waals surface area contributed by atoms with E-state index in [4.69, 9.17) is 0 Å². The topological polar surface area (TPSA) is 49.4 Å². The molecule has 0 unspecified atom stereocenters. The first-order valence-electron chi connectivity index (χ1n) is 7.47. The number of nitrogens with one attached hydrogen (secondary N) is 1. The summed E-state index contributed by atoms with van der Waals surface area (Å²) in [6, 6.07) is 0. The zero-order valence-corrected chi connectivity index (χ0v) is 12.8. The summed E-state index contributed by atoms with van der Waals surface area (Å²) in [6.07, 6.45) is 7.14. The Morgan fingerprint density at radius 3 is 2.75 bits per heavy atom. The SMILES string of the molecule is C=CCSCCN1CCC(=O)NC2(CCCCC2)C1=O. The average Bonchev–Trinajstić information content (AvgIpc) is 2.56. The Bertz CT molecular complexity index is 378. The van der Waals surface area contributed by atoms with Crippen LogP contribution in [0.25, 0.3) is 0 Å². The van der Waals surface area contributed by atoms with Crippen LogP contribution in [0.1, 0.15) is 38.5 Å². The summed E-state index contributed by atoms with van der Waals surface area (Å²) in [5.41, 5.74) is -0.602. The van der Waals surface area contributed by atoms with E-state index in [-0.39, 0.29) is 11.8 Å². The maximum atomic E-state index is 12.8. The Morgan fingerprint density at radius 1 is 1.30 bits per heavy atom. The molecule has 0 aromatic rings. The van der Waals surface area contributed by atoms with Crippen LogP contribution in [0, 0.1) is 0 Å². The van der Waals surface area contributed by atoms with Crippen molar-refractivity contribution in [2.75, 3.05) is 24.6 Å². The molecular formula is C15H24N2O2S. The van der Waals surface area contributed by atoms with Crippen LogP contribution >= 0.6 is 11.8 Å². The second-order valence-corrected chi connectivity index (χ2v) is 6.75. The fourth-order valence-electron chi connectivity index (χ4n) is 3.07. The Balaban J connectivity index is 2.02. The van der Waals surface area contributed by atoms with Crippen molar-refractivity contribution in [3.63, 3.8) is 0 Å². The van der Waals surface area contributed by atoms with Crippen LogP contribution < -0.4 is 5.32 Å². The number of carbonyl (C=O) groups excluding carboxylic acids is 2. The second-order valence-electron chi connectivity index (χ2n) is 5.60. The van der Waals surface area contributed by atoms with E-state index in [0.29, 0.717) is 13.0 Å². The molecule has 2 rings (SSSR count). The van der Waals surface area contributed by atoms with Gasteiger partial charge in [0.2, 0.25) is 11.8 Å². The molecular weight excluding hydrogens is 272 g/mol. The highest BCUT2D eigenvalue weighted by Crippen LogP contribution is 2.31. The minimum absolute atomic E-state index is 0.0292. The van der Waals surface area contributed by atoms with Crippen LogP contribution in [0.4, 0.5) is 0 Å². The van der Waals surface area contributed by atoms with Gasteiger partial charge in [-0.1, -0.05) is 25.3 Å². The summed E-state index contributed by atoms with van der Waals surface area (Å²) in [6.45, 7) is 4.98. The molecule has 1 aliphatic heterocycles. The lowest BCUT2D eigenvalue weighted by molar-refractivity contribution is -0.140. The minimum Gasteiger partial charge on any atom is -0.342 e. The fraction of sp³-hybridized carbons (Fsp3) is 0.733. The van der Waals surface area contributed by atoms with Crippen molar-refractivity contribution < 1.29 is 9.59 Å². The van der Waals surface area contributed by atoms with Gasteiger partial charge in [-0.3, -0.25) is 9.59 Å². The number of amides is 2. The first-order valence-corrected chi connectivity index (χ1v) is 8.62. The predicted molar refractivity (Wildman–Crippen MR) is 82.7 cm³/mol. The van der Waals surface area contributed by atoms with Crippen molar-refractivity contribution in [3.8, 4) is 0 Å². The van der Waals surface area contributed by atoms with E-state index in [0.717, 1.165) is 43.7 Å². The van der Waals surface area contributed by atoms with Gasteiger partial charge in [0.05, 0.1) is 0 Å². The lowest BCUT2D eigenvalue weighted by Gasteiger charge is -2.38. The highest BCUT2D eigenvalue weighted by molar-refractivity contribution is 7.99. The number of thioether (sulfide) groups is 1. The van der Waals surface area contributed by atoms with Gasteiger partial charge in [-0.25, -0.2) is 0 Å². The van der Waals surface area contributed by atoms with Crippen molar-refractivity contribution in [3.05, 3.63) is 12.7 Å². The monoisotopic (exact) mass is 296 g/mol. The Labute approximate surface area is 125 Å². The van der Waals surface area contributed by atoms with Crippen molar-refractivity contribution in [1.29, 1.82) is 0 Å². The third-order valence-electron chi connectivity index (χ3n) is 4.13. The minimum atomic E-state index is -0.602. The molecule has 1 heterocycles. The van der Waals surface area contributed by atoms with Gasteiger partial charge in [0.15, 0.2) is 0 Å². The first-order chi connectivity index (χ1) is 9.68. The van der Waals surface area contributed by atoms with E-state index < -0.39 is 5.54 Å². The van der Waals surface area contributed by atoms with Gasteiger partial charge < -0.3 is 10.2 Å². The number of nitrogens with zero attached hydrogens (tertiary/aromatic N) is 1. The summed E-state index contributed by atoms with van der Waals surface area (Å²) < 4.78 is 0. The lowest BCUT2D eigenvalue weighted by atomic mass is 9.80. The van der Waals surface area contributed by atoms with E-state index in [9.17, 15) is 9.59 Å². The third-order valence-corrected chi connectivity index (χ3v) is 5.08. The molecule has 0 bridgehead atoms. The molecule has 20 heavy (non-hydrogen) atoms. The van der Waals surface area contributed by atoms with Crippen LogP contribution in [0.2, 0.25) is 0 Å². The maximum absolute atomic E-state index is 12.8. The molecule has 5 heteroatoms. The van der Waals surface area contributed by atoms with Crippen molar-refractivity contribution in [2.45, 2.75) is 44.1 Å². The summed E-state index contributed by atoms with van der Waals surface area (Å²) >= 11 is 1.77. The molecule has 2 aliphatic rings. The molecule has 4 nitrogen and oxygen atoms in total. The number of rotatable bonds is 5.